The van der Waals surface area contributed by atoms with E-state index in [1.165, 1.54) is 0 Å². The lowest BCUT2D eigenvalue weighted by Crippen LogP contribution is -2.24. The molecule has 90 valence electrons. The minimum absolute atomic E-state index is 0.242. The number of ether oxygens (including phenoxy) is 2. The first-order valence-electron chi connectivity index (χ1n) is 5.27. The molecule has 1 heterocycles. The van der Waals surface area contributed by atoms with Crippen LogP contribution in [0.1, 0.15) is 13.3 Å². The number of nitrogen functional groups attached to an aromatic ring is 1. The van der Waals surface area contributed by atoms with Gasteiger partial charge in [0, 0.05) is 7.11 Å². The zero-order valence-electron chi connectivity index (χ0n) is 9.99. The number of pyridine rings is 1. The lowest BCUT2D eigenvalue weighted by Gasteiger charge is -2.17. The lowest BCUT2D eigenvalue weighted by atomic mass is 10.2. The average molecular weight is 225 g/mol. The van der Waals surface area contributed by atoms with Crippen LogP contribution in [0.4, 0.5) is 11.5 Å². The number of anilines is 2. The molecule has 1 aromatic heterocycles. The second kappa shape index (κ2) is 6.17. The Bertz CT molecular complexity index is 331. The van der Waals surface area contributed by atoms with Crippen LogP contribution < -0.4 is 15.8 Å². The van der Waals surface area contributed by atoms with E-state index in [0.717, 1.165) is 12.2 Å². The van der Waals surface area contributed by atoms with E-state index in [2.05, 4.69) is 17.2 Å². The number of nitrogens with zero attached hydrogens (tertiary/aromatic N) is 1. The van der Waals surface area contributed by atoms with E-state index in [0.29, 0.717) is 18.2 Å². The van der Waals surface area contributed by atoms with Crippen LogP contribution in [0, 0.1) is 0 Å². The Balaban J connectivity index is 2.72. The maximum atomic E-state index is 5.68. The molecule has 3 N–H and O–H groups in total. The van der Waals surface area contributed by atoms with Gasteiger partial charge in [-0.2, -0.15) is 4.98 Å². The largest absolute Gasteiger partial charge is 0.479 e. The van der Waals surface area contributed by atoms with Crippen LogP contribution in [-0.2, 0) is 4.74 Å². The van der Waals surface area contributed by atoms with Crippen molar-refractivity contribution in [1.82, 2.24) is 4.98 Å². The first-order valence-corrected chi connectivity index (χ1v) is 5.27. The molecule has 1 atom stereocenters. The molecule has 5 nitrogen and oxygen atoms in total. The summed E-state index contributed by atoms with van der Waals surface area (Å²) in [6, 6.07) is 3.84. The van der Waals surface area contributed by atoms with Crippen molar-refractivity contribution in [2.24, 2.45) is 0 Å². The van der Waals surface area contributed by atoms with Crippen LogP contribution in [-0.4, -0.2) is 31.9 Å². The lowest BCUT2D eigenvalue weighted by molar-refractivity contribution is 0.184. The highest BCUT2D eigenvalue weighted by molar-refractivity contribution is 5.53. The maximum absolute atomic E-state index is 5.68. The third-order valence-corrected chi connectivity index (χ3v) is 2.30. The molecule has 16 heavy (non-hydrogen) atoms. The molecule has 0 radical (unpaired) electrons. The van der Waals surface area contributed by atoms with Crippen LogP contribution in [0.15, 0.2) is 12.1 Å². The predicted molar refractivity (Wildman–Crippen MR) is 64.8 cm³/mol. The van der Waals surface area contributed by atoms with E-state index >= 15 is 0 Å². The number of nitrogens with one attached hydrogen (secondary N) is 1. The molecule has 1 unspecified atom stereocenters. The van der Waals surface area contributed by atoms with Gasteiger partial charge < -0.3 is 20.5 Å². The second-order valence-electron chi connectivity index (χ2n) is 3.50. The van der Waals surface area contributed by atoms with Crippen molar-refractivity contribution in [3.63, 3.8) is 0 Å². The molecular weight excluding hydrogens is 206 g/mol. The molecule has 0 aromatic carbocycles. The Morgan fingerprint density at radius 3 is 2.75 bits per heavy atom. The number of methoxy groups -OCH3 is 2. The summed E-state index contributed by atoms with van der Waals surface area (Å²) < 4.78 is 10.2. The molecule has 0 saturated heterocycles. The number of hydrogen-bond acceptors (Lipinski definition) is 5. The van der Waals surface area contributed by atoms with Crippen molar-refractivity contribution >= 4 is 11.5 Å². The molecule has 0 spiro atoms. The van der Waals surface area contributed by atoms with Crippen molar-refractivity contribution < 1.29 is 9.47 Å². The van der Waals surface area contributed by atoms with Crippen molar-refractivity contribution in [2.75, 3.05) is 31.9 Å². The molecule has 0 aliphatic carbocycles. The predicted octanol–water partition coefficient (Wildman–Crippen LogP) is 1.51. The Labute approximate surface area is 96.0 Å². The number of aromatic nitrogens is 1. The van der Waals surface area contributed by atoms with Gasteiger partial charge in [0.15, 0.2) is 0 Å². The Morgan fingerprint density at radius 1 is 1.44 bits per heavy atom. The Kier molecular flexibility index (Phi) is 4.85. The molecule has 0 fully saturated rings. The van der Waals surface area contributed by atoms with Crippen molar-refractivity contribution in [1.29, 1.82) is 0 Å². The van der Waals surface area contributed by atoms with Gasteiger partial charge in [-0.1, -0.05) is 6.92 Å². The topological polar surface area (TPSA) is 69.4 Å². The molecular formula is C11H19N3O2. The van der Waals surface area contributed by atoms with E-state index < -0.39 is 0 Å². The summed E-state index contributed by atoms with van der Waals surface area (Å²) in [6.07, 6.45) is 0.961. The van der Waals surface area contributed by atoms with Gasteiger partial charge in [0.2, 0.25) is 5.88 Å². The van der Waals surface area contributed by atoms with Crippen LogP contribution in [0.5, 0.6) is 5.88 Å². The standard InChI is InChI=1S/C11H19N3O2/c1-4-8(7-15-2)13-10-6-5-9(12)11(14-10)16-3/h5-6,8H,4,7,12H2,1-3H3,(H,13,14). The summed E-state index contributed by atoms with van der Waals surface area (Å²) in [6.45, 7) is 2.73. The highest BCUT2D eigenvalue weighted by Crippen LogP contribution is 2.20. The Morgan fingerprint density at radius 2 is 2.19 bits per heavy atom. The van der Waals surface area contributed by atoms with Gasteiger partial charge in [-0.3, -0.25) is 0 Å². The van der Waals surface area contributed by atoms with Gasteiger partial charge in [0.25, 0.3) is 0 Å². The zero-order chi connectivity index (χ0) is 12.0. The summed E-state index contributed by atoms with van der Waals surface area (Å²) in [5, 5.41) is 3.26. The van der Waals surface area contributed by atoms with E-state index in [9.17, 15) is 0 Å². The molecule has 1 rings (SSSR count). The molecule has 0 bridgehead atoms. The third-order valence-electron chi connectivity index (χ3n) is 2.30. The molecule has 1 aromatic rings. The average Bonchev–Trinajstić information content (AvgIpc) is 2.30. The van der Waals surface area contributed by atoms with Crippen LogP contribution in [0.25, 0.3) is 0 Å². The zero-order valence-corrected chi connectivity index (χ0v) is 9.99. The normalized spacial score (nSPS) is 12.2. The van der Waals surface area contributed by atoms with E-state index in [1.807, 2.05) is 6.07 Å². The van der Waals surface area contributed by atoms with Crippen molar-refractivity contribution in [2.45, 2.75) is 19.4 Å². The van der Waals surface area contributed by atoms with Gasteiger partial charge in [-0.15, -0.1) is 0 Å². The fraction of sp³-hybridized carbons (Fsp3) is 0.545. The van der Waals surface area contributed by atoms with Gasteiger partial charge >= 0.3 is 0 Å². The summed E-state index contributed by atoms with van der Waals surface area (Å²) in [4.78, 5) is 4.25. The molecule has 5 heteroatoms. The summed E-state index contributed by atoms with van der Waals surface area (Å²) in [7, 11) is 3.23. The summed E-state index contributed by atoms with van der Waals surface area (Å²) in [5.74, 6) is 1.19. The van der Waals surface area contributed by atoms with E-state index in [1.54, 1.807) is 20.3 Å². The maximum Gasteiger partial charge on any atom is 0.238 e. The monoisotopic (exact) mass is 225 g/mol. The van der Waals surface area contributed by atoms with Crippen LogP contribution in [0.2, 0.25) is 0 Å². The van der Waals surface area contributed by atoms with Gasteiger partial charge in [-0.25, -0.2) is 0 Å². The highest BCUT2D eigenvalue weighted by atomic mass is 16.5. The fourth-order valence-corrected chi connectivity index (χ4v) is 1.37. The highest BCUT2D eigenvalue weighted by Gasteiger charge is 2.08. The van der Waals surface area contributed by atoms with Crippen molar-refractivity contribution in [3.8, 4) is 5.88 Å². The van der Waals surface area contributed by atoms with E-state index in [4.69, 9.17) is 15.2 Å². The van der Waals surface area contributed by atoms with Gasteiger partial charge in [0.05, 0.1) is 25.4 Å². The molecule has 0 aliphatic heterocycles. The second-order valence-corrected chi connectivity index (χ2v) is 3.50. The summed E-state index contributed by atoms with van der Waals surface area (Å²) >= 11 is 0. The van der Waals surface area contributed by atoms with Crippen LogP contribution >= 0.6 is 0 Å². The molecule has 0 aliphatic rings. The van der Waals surface area contributed by atoms with Gasteiger partial charge in [-0.05, 0) is 18.6 Å². The van der Waals surface area contributed by atoms with Crippen LogP contribution in [0.3, 0.4) is 0 Å². The van der Waals surface area contributed by atoms with Gasteiger partial charge in [0.1, 0.15) is 5.82 Å². The summed E-state index contributed by atoms with van der Waals surface area (Å²) in [5.41, 5.74) is 6.22. The molecule has 0 saturated carbocycles. The van der Waals surface area contributed by atoms with E-state index in [-0.39, 0.29) is 6.04 Å². The first-order chi connectivity index (χ1) is 7.71. The first kappa shape index (κ1) is 12.6. The SMILES string of the molecule is CCC(COC)Nc1ccc(N)c(OC)n1. The quantitative estimate of drug-likeness (QED) is 0.768. The van der Waals surface area contributed by atoms with Crippen molar-refractivity contribution in [3.05, 3.63) is 12.1 Å². The smallest absolute Gasteiger partial charge is 0.238 e. The molecule has 0 amide bonds. The minimum atomic E-state index is 0.242. The number of rotatable bonds is 6. The third kappa shape index (κ3) is 3.27. The fourth-order valence-electron chi connectivity index (χ4n) is 1.37. The Hall–Kier alpha value is -1.49. The minimum Gasteiger partial charge on any atom is -0.479 e. The number of hydrogen-bond donors (Lipinski definition) is 2. The number of nitrogens with two attached hydrogens (primary N) is 1.